The van der Waals surface area contributed by atoms with Gasteiger partial charge in [0.2, 0.25) is 11.8 Å². The fraction of sp³-hybridized carbons (Fsp3) is 0.522. The van der Waals surface area contributed by atoms with E-state index in [1.807, 2.05) is 49.9 Å². The highest BCUT2D eigenvalue weighted by molar-refractivity contribution is 6.04. The minimum absolute atomic E-state index is 0.0867. The number of fused-ring (bicyclic) bond motifs is 5. The van der Waals surface area contributed by atoms with Crippen molar-refractivity contribution in [3.63, 3.8) is 0 Å². The van der Waals surface area contributed by atoms with Crippen LogP contribution in [0.5, 0.6) is 0 Å². The zero-order chi connectivity index (χ0) is 42.4. The zero-order valence-corrected chi connectivity index (χ0v) is 35.8. The van der Waals surface area contributed by atoms with Crippen LogP contribution in [0.1, 0.15) is 113 Å². The standard InChI is InChI=1S/C46H58N8O6/c1-25(2)40(50-45(57)59-6)43(55)53-20-8-10-34(53)32-22-29(23-47-32)27-12-14-28(15-13-27)30-16-17-31(39-36-19-18-35(38(30)39)52(36)5)33-24-48-42(49-33)37-11-9-21-54(37)44(56)41(26(3)4)51-46(58)60-7/h12-17,23-26,34-37,40-41H,8-11,18-22H2,1-7H3,(H,48,49)(H,50,57)(H,51,58)/t34?,35?,36?,37?,40-,41-/m0/s1. The minimum atomic E-state index is -0.689. The van der Waals surface area contributed by atoms with Crippen molar-refractivity contribution >= 4 is 35.3 Å². The Kier molecular flexibility index (Phi) is 11.6. The van der Waals surface area contributed by atoms with Crippen LogP contribution in [-0.4, -0.2) is 107 Å². The number of nitrogens with zero attached hydrogens (tertiary/aromatic N) is 5. The number of hydrogen-bond donors (Lipinski definition) is 3. The summed E-state index contributed by atoms with van der Waals surface area (Å²) in [4.78, 5) is 71.2. The van der Waals surface area contributed by atoms with Crippen molar-refractivity contribution in [1.29, 1.82) is 0 Å². The molecule has 3 aromatic rings. The van der Waals surface area contributed by atoms with Gasteiger partial charge in [0.1, 0.15) is 17.9 Å². The lowest BCUT2D eigenvalue weighted by molar-refractivity contribution is -0.135. The number of carbonyl (C=O) groups excluding carboxylic acids is 4. The Morgan fingerprint density at radius 2 is 1.25 bits per heavy atom. The molecule has 5 aliphatic heterocycles. The Labute approximate surface area is 352 Å². The van der Waals surface area contributed by atoms with Crippen molar-refractivity contribution in [3.05, 3.63) is 71.3 Å². The zero-order valence-electron chi connectivity index (χ0n) is 35.8. The number of methoxy groups -OCH3 is 2. The number of allylic oxidation sites excluding steroid dienone is 1. The quantitative estimate of drug-likeness (QED) is 0.184. The third-order valence-electron chi connectivity index (χ3n) is 13.4. The molecule has 14 heteroatoms. The van der Waals surface area contributed by atoms with Gasteiger partial charge < -0.3 is 34.9 Å². The highest BCUT2D eigenvalue weighted by Crippen LogP contribution is 2.57. The number of benzene rings is 2. The van der Waals surface area contributed by atoms with Gasteiger partial charge in [0.05, 0.1) is 38.2 Å². The number of alkyl carbamates (subject to hydrolysis) is 2. The summed E-state index contributed by atoms with van der Waals surface area (Å²) in [5, 5.41) is 5.47. The molecular formula is C46H58N8O6. The van der Waals surface area contributed by atoms with E-state index in [1.165, 1.54) is 36.5 Å². The van der Waals surface area contributed by atoms with Crippen molar-refractivity contribution in [1.82, 2.24) is 35.3 Å². The van der Waals surface area contributed by atoms with Crippen molar-refractivity contribution < 1.29 is 28.7 Å². The van der Waals surface area contributed by atoms with Crippen LogP contribution in [0.15, 0.2) is 53.8 Å². The number of aliphatic imine (C=N–C) groups is 1. The largest absolute Gasteiger partial charge is 0.453 e. The average Bonchev–Trinajstić information content (AvgIpc) is 4.12. The molecule has 318 valence electrons. The number of ether oxygens (including phenoxy) is 2. The average molecular weight is 819 g/mol. The van der Waals surface area contributed by atoms with Gasteiger partial charge in [0.15, 0.2) is 0 Å². The Balaban J connectivity index is 0.997. The first kappa shape index (κ1) is 41.2. The third kappa shape index (κ3) is 7.47. The Morgan fingerprint density at radius 3 is 1.83 bits per heavy atom. The Hall–Kier alpha value is -5.50. The van der Waals surface area contributed by atoms with Crippen molar-refractivity contribution in [3.8, 4) is 22.4 Å². The summed E-state index contributed by atoms with van der Waals surface area (Å²) in [6.07, 6.45) is 8.89. The van der Waals surface area contributed by atoms with E-state index in [1.54, 1.807) is 0 Å². The second kappa shape index (κ2) is 16.9. The first-order valence-corrected chi connectivity index (χ1v) is 21.5. The molecule has 8 rings (SSSR count). The van der Waals surface area contributed by atoms with Gasteiger partial charge in [-0.3, -0.25) is 19.5 Å². The number of aromatic amines is 1. The molecule has 1 aromatic heterocycles. The van der Waals surface area contributed by atoms with E-state index in [0.29, 0.717) is 31.6 Å². The topological polar surface area (TPSA) is 162 Å². The van der Waals surface area contributed by atoms with Crippen molar-refractivity contribution in [2.24, 2.45) is 16.8 Å². The molecule has 0 aliphatic carbocycles. The number of aromatic nitrogens is 2. The van der Waals surface area contributed by atoms with Crippen LogP contribution in [0.3, 0.4) is 0 Å². The number of nitrogens with one attached hydrogen (secondary N) is 3. The van der Waals surface area contributed by atoms with E-state index in [4.69, 9.17) is 19.5 Å². The molecule has 6 atom stereocenters. The summed E-state index contributed by atoms with van der Waals surface area (Å²) in [6.45, 7) is 8.93. The van der Waals surface area contributed by atoms with Gasteiger partial charge in [0.25, 0.3) is 0 Å². The Morgan fingerprint density at radius 1 is 0.717 bits per heavy atom. The maximum Gasteiger partial charge on any atom is 0.407 e. The number of rotatable bonds is 11. The van der Waals surface area contributed by atoms with Gasteiger partial charge >= 0.3 is 12.2 Å². The first-order valence-electron chi connectivity index (χ1n) is 21.5. The minimum Gasteiger partial charge on any atom is -0.453 e. The van der Waals surface area contributed by atoms with Crippen molar-refractivity contribution in [2.45, 2.75) is 109 Å². The van der Waals surface area contributed by atoms with Crippen LogP contribution >= 0.6 is 0 Å². The molecule has 3 saturated heterocycles. The molecular weight excluding hydrogens is 761 g/mol. The monoisotopic (exact) mass is 818 g/mol. The van der Waals surface area contributed by atoms with E-state index in [9.17, 15) is 19.2 Å². The highest BCUT2D eigenvalue weighted by Gasteiger charge is 2.45. The van der Waals surface area contributed by atoms with Crippen LogP contribution < -0.4 is 10.6 Å². The van der Waals surface area contributed by atoms with Gasteiger partial charge in [-0.15, -0.1) is 0 Å². The summed E-state index contributed by atoms with van der Waals surface area (Å²) in [5.41, 5.74) is 10.4. The van der Waals surface area contributed by atoms with E-state index in [-0.39, 0.29) is 35.7 Å². The van der Waals surface area contributed by atoms with E-state index >= 15 is 0 Å². The molecule has 2 aromatic carbocycles. The number of carbonyl (C=O) groups is 4. The van der Waals surface area contributed by atoms with Gasteiger partial charge in [-0.25, -0.2) is 14.6 Å². The second-order valence-electron chi connectivity index (χ2n) is 17.6. The summed E-state index contributed by atoms with van der Waals surface area (Å²) in [7, 11) is 4.84. The highest BCUT2D eigenvalue weighted by atomic mass is 16.5. The number of hydrogen-bond acceptors (Lipinski definition) is 9. The van der Waals surface area contributed by atoms with Crippen LogP contribution in [0.25, 0.3) is 28.0 Å². The van der Waals surface area contributed by atoms with Gasteiger partial charge in [-0.2, -0.15) is 0 Å². The van der Waals surface area contributed by atoms with Gasteiger partial charge in [0, 0.05) is 49.1 Å². The fourth-order valence-corrected chi connectivity index (χ4v) is 10.3. The predicted octanol–water partition coefficient (Wildman–Crippen LogP) is 7.17. The molecule has 2 bridgehead atoms. The number of imidazole rings is 1. The van der Waals surface area contributed by atoms with E-state index in [2.05, 4.69) is 64.0 Å². The number of H-pyrrole nitrogens is 1. The fourth-order valence-electron chi connectivity index (χ4n) is 10.3. The summed E-state index contributed by atoms with van der Waals surface area (Å²) in [5.74, 6) is 0.351. The number of amides is 4. The van der Waals surface area contributed by atoms with Gasteiger partial charge in [-0.05, 0) is 90.8 Å². The van der Waals surface area contributed by atoms with Crippen molar-refractivity contribution in [2.75, 3.05) is 34.4 Å². The summed E-state index contributed by atoms with van der Waals surface area (Å²) < 4.78 is 9.61. The predicted molar refractivity (Wildman–Crippen MR) is 229 cm³/mol. The summed E-state index contributed by atoms with van der Waals surface area (Å²) in [6, 6.07) is 12.2. The lowest BCUT2D eigenvalue weighted by Gasteiger charge is -2.31. The molecule has 5 aliphatic rings. The maximum absolute atomic E-state index is 13.8. The molecule has 0 radical (unpaired) electrons. The molecule has 0 spiro atoms. The molecule has 4 unspecified atom stereocenters. The molecule has 3 fully saturated rings. The molecule has 3 N–H and O–H groups in total. The maximum atomic E-state index is 13.8. The van der Waals surface area contributed by atoms with Crippen LogP contribution in [0, 0.1) is 11.8 Å². The lowest BCUT2D eigenvalue weighted by atomic mass is 9.82. The van der Waals surface area contributed by atoms with E-state index in [0.717, 1.165) is 72.5 Å². The Bertz CT molecular complexity index is 2210. The summed E-state index contributed by atoms with van der Waals surface area (Å²) >= 11 is 0. The number of likely N-dealkylation sites (tertiary alicyclic amines) is 2. The van der Waals surface area contributed by atoms with Gasteiger partial charge in [-0.1, -0.05) is 64.1 Å². The van der Waals surface area contributed by atoms with Crippen LogP contribution in [-0.2, 0) is 19.1 Å². The molecule has 60 heavy (non-hydrogen) atoms. The van der Waals surface area contributed by atoms with Crippen LogP contribution in [0.2, 0.25) is 0 Å². The SMILES string of the molecule is COC(=O)N[C@H](C(=O)N1CCCC1C1=NC=C(c2ccc(-c3ccc(-c4cnc(C5CCCN5C(=O)[C@@H](NC(=O)OC)C(C)C)[nH]4)c4c3C3CCC4N3C)cc2)C1)C(C)C. The van der Waals surface area contributed by atoms with E-state index < -0.39 is 24.3 Å². The molecule has 0 saturated carbocycles. The normalized spacial score (nSPS) is 23.1. The first-order chi connectivity index (χ1) is 28.9. The molecule has 4 amide bonds. The lowest BCUT2D eigenvalue weighted by Crippen LogP contribution is -2.53. The molecule has 6 heterocycles. The smallest absolute Gasteiger partial charge is 0.407 e. The second-order valence-corrected chi connectivity index (χ2v) is 17.6. The molecule has 14 nitrogen and oxygen atoms in total. The van der Waals surface area contributed by atoms with Crippen LogP contribution in [0.4, 0.5) is 9.59 Å². The third-order valence-corrected chi connectivity index (χ3v) is 13.4.